The van der Waals surface area contributed by atoms with Crippen molar-refractivity contribution < 1.29 is 23.6 Å². The Morgan fingerprint density at radius 3 is 2.35 bits per heavy atom. The van der Waals surface area contributed by atoms with Gasteiger partial charge in [-0.2, -0.15) is 8.78 Å². The Labute approximate surface area is 94.1 Å². The summed E-state index contributed by atoms with van der Waals surface area (Å²) < 4.78 is 26.2. The van der Waals surface area contributed by atoms with Gasteiger partial charge < -0.3 is 5.11 Å². The number of hydrogen-bond donors (Lipinski definition) is 1. The van der Waals surface area contributed by atoms with Crippen LogP contribution in [-0.4, -0.2) is 16.0 Å². The molecule has 0 saturated heterocycles. The van der Waals surface area contributed by atoms with Gasteiger partial charge in [0.15, 0.2) is 0 Å². The number of carboxylic acid groups (broad SMARTS) is 1. The lowest BCUT2D eigenvalue weighted by Crippen LogP contribution is -1.97. The Morgan fingerprint density at radius 1 is 1.41 bits per heavy atom. The smallest absolute Gasteiger partial charge is 0.340 e. The maximum Gasteiger partial charge on any atom is 0.340 e. The quantitative estimate of drug-likeness (QED) is 0.650. The van der Waals surface area contributed by atoms with E-state index < -0.39 is 28.2 Å². The number of halogens is 2. The molecule has 1 N–H and O–H groups in total. The maximum atomic E-state index is 13.1. The highest BCUT2D eigenvalue weighted by Crippen LogP contribution is 2.23. The molecular formula is C10H7F2NO4. The minimum absolute atomic E-state index is 0.0202. The predicted molar refractivity (Wildman–Crippen MR) is 54.3 cm³/mol. The first-order valence-corrected chi connectivity index (χ1v) is 4.43. The Kier molecular flexibility index (Phi) is 3.86. The maximum absolute atomic E-state index is 13.1. The summed E-state index contributed by atoms with van der Waals surface area (Å²) in [6.07, 6.45) is 2.05. The van der Waals surface area contributed by atoms with Gasteiger partial charge in [0.2, 0.25) is 11.6 Å². The lowest BCUT2D eigenvalue weighted by atomic mass is 10.1. The molecule has 0 saturated carbocycles. The number of nitro groups is 1. The first kappa shape index (κ1) is 12.8. The molecule has 0 aliphatic rings. The van der Waals surface area contributed by atoms with Gasteiger partial charge in [0.25, 0.3) is 0 Å². The van der Waals surface area contributed by atoms with Crippen LogP contribution < -0.4 is 0 Å². The summed E-state index contributed by atoms with van der Waals surface area (Å²) in [7, 11) is 0. The van der Waals surface area contributed by atoms with Gasteiger partial charge in [-0.1, -0.05) is 12.2 Å². The zero-order valence-corrected chi connectivity index (χ0v) is 8.39. The summed E-state index contributed by atoms with van der Waals surface area (Å²) in [5.41, 5.74) is -1.20. The van der Waals surface area contributed by atoms with Crippen LogP contribution in [0.1, 0.15) is 12.0 Å². The summed E-state index contributed by atoms with van der Waals surface area (Å²) in [6.45, 7) is 0. The van der Waals surface area contributed by atoms with Crippen molar-refractivity contribution in [3.63, 3.8) is 0 Å². The van der Waals surface area contributed by atoms with Gasteiger partial charge in [0.1, 0.15) is 0 Å². The number of aliphatic carboxylic acids is 1. The van der Waals surface area contributed by atoms with Gasteiger partial charge in [0, 0.05) is 0 Å². The molecule has 7 heteroatoms. The first-order chi connectivity index (χ1) is 7.91. The van der Waals surface area contributed by atoms with E-state index in [2.05, 4.69) is 0 Å². The first-order valence-electron chi connectivity index (χ1n) is 4.43. The van der Waals surface area contributed by atoms with Crippen molar-refractivity contribution in [2.75, 3.05) is 0 Å². The van der Waals surface area contributed by atoms with E-state index in [0.717, 1.165) is 12.1 Å². The van der Waals surface area contributed by atoms with Gasteiger partial charge in [-0.15, -0.1) is 0 Å². The van der Waals surface area contributed by atoms with Crippen LogP contribution in [0, 0.1) is 21.7 Å². The van der Waals surface area contributed by atoms with Crippen LogP contribution in [0.15, 0.2) is 18.2 Å². The summed E-state index contributed by atoms with van der Waals surface area (Å²) in [4.78, 5) is 19.3. The second kappa shape index (κ2) is 5.15. The fourth-order valence-corrected chi connectivity index (χ4v) is 1.15. The zero-order chi connectivity index (χ0) is 13.0. The van der Waals surface area contributed by atoms with E-state index in [1.807, 2.05) is 0 Å². The average Bonchev–Trinajstić information content (AvgIpc) is 2.14. The number of carboxylic acids is 1. The van der Waals surface area contributed by atoms with Gasteiger partial charge in [-0.05, 0) is 17.7 Å². The molecule has 0 amide bonds. The SMILES string of the molecule is O=C(O)CC=Cc1cc(F)c([N+](=O)[O-])c(F)c1. The highest BCUT2D eigenvalue weighted by Gasteiger charge is 2.21. The summed E-state index contributed by atoms with van der Waals surface area (Å²) in [5.74, 6) is -3.70. The van der Waals surface area contributed by atoms with E-state index in [4.69, 9.17) is 5.11 Å². The lowest BCUT2D eigenvalue weighted by molar-refractivity contribution is -0.390. The third-order valence-electron chi connectivity index (χ3n) is 1.82. The standard InChI is InChI=1S/C10H7F2NO4/c11-7-4-6(2-1-3-9(14)15)5-8(12)10(7)13(16)17/h1-2,4-5H,3H2,(H,14,15). The molecule has 0 radical (unpaired) electrons. The van der Waals surface area contributed by atoms with E-state index in [-0.39, 0.29) is 12.0 Å². The number of rotatable bonds is 4. The molecule has 90 valence electrons. The Balaban J connectivity index is 3.02. The highest BCUT2D eigenvalue weighted by molar-refractivity contribution is 5.70. The second-order valence-electron chi connectivity index (χ2n) is 3.09. The number of nitrogens with zero attached hydrogens (tertiary/aromatic N) is 1. The number of nitro benzene ring substituents is 1. The third kappa shape index (κ3) is 3.33. The molecule has 5 nitrogen and oxygen atoms in total. The van der Waals surface area contributed by atoms with Crippen LogP contribution >= 0.6 is 0 Å². The van der Waals surface area contributed by atoms with Crippen LogP contribution in [0.2, 0.25) is 0 Å². The minimum Gasteiger partial charge on any atom is -0.481 e. The van der Waals surface area contributed by atoms with E-state index in [9.17, 15) is 23.7 Å². The number of carbonyl (C=O) groups is 1. The van der Waals surface area contributed by atoms with Crippen LogP contribution in [0.25, 0.3) is 6.08 Å². The van der Waals surface area contributed by atoms with Crippen molar-refractivity contribution in [1.82, 2.24) is 0 Å². The van der Waals surface area contributed by atoms with E-state index in [0.29, 0.717) is 0 Å². The Hall–Kier alpha value is -2.31. The molecule has 0 aliphatic carbocycles. The average molecular weight is 243 g/mol. The fraction of sp³-hybridized carbons (Fsp3) is 0.100. The van der Waals surface area contributed by atoms with Gasteiger partial charge in [-0.25, -0.2) is 0 Å². The predicted octanol–water partition coefficient (Wildman–Crippen LogP) is 2.36. The van der Waals surface area contributed by atoms with Crippen molar-refractivity contribution in [1.29, 1.82) is 0 Å². The molecule has 17 heavy (non-hydrogen) atoms. The monoisotopic (exact) mass is 243 g/mol. The third-order valence-corrected chi connectivity index (χ3v) is 1.82. The van der Waals surface area contributed by atoms with E-state index in [1.54, 1.807) is 0 Å². The van der Waals surface area contributed by atoms with Gasteiger partial charge in [-0.3, -0.25) is 14.9 Å². The highest BCUT2D eigenvalue weighted by atomic mass is 19.1. The fourth-order valence-electron chi connectivity index (χ4n) is 1.15. The largest absolute Gasteiger partial charge is 0.481 e. The molecule has 0 aromatic heterocycles. The Bertz CT molecular complexity index is 476. The summed E-state index contributed by atoms with van der Waals surface area (Å²) in [5, 5.41) is 18.6. The minimum atomic E-state index is -1.30. The molecule has 0 aliphatic heterocycles. The molecule has 1 aromatic carbocycles. The molecule has 0 spiro atoms. The van der Waals surface area contributed by atoms with Gasteiger partial charge in [0.05, 0.1) is 11.3 Å². The number of hydrogen-bond acceptors (Lipinski definition) is 3. The topological polar surface area (TPSA) is 80.4 Å². The summed E-state index contributed by atoms with van der Waals surface area (Å²) in [6, 6.07) is 1.53. The van der Waals surface area contributed by atoms with Crippen molar-refractivity contribution in [2.24, 2.45) is 0 Å². The van der Waals surface area contributed by atoms with E-state index in [1.165, 1.54) is 12.2 Å². The van der Waals surface area contributed by atoms with Crippen LogP contribution in [-0.2, 0) is 4.79 Å². The van der Waals surface area contributed by atoms with Crippen molar-refractivity contribution in [2.45, 2.75) is 6.42 Å². The van der Waals surface area contributed by atoms with Crippen LogP contribution in [0.5, 0.6) is 0 Å². The normalized spacial score (nSPS) is 10.7. The molecule has 0 bridgehead atoms. The number of benzene rings is 1. The second-order valence-corrected chi connectivity index (χ2v) is 3.09. The summed E-state index contributed by atoms with van der Waals surface area (Å²) >= 11 is 0. The zero-order valence-electron chi connectivity index (χ0n) is 8.39. The molecule has 1 aromatic rings. The van der Waals surface area contributed by atoms with Gasteiger partial charge >= 0.3 is 11.7 Å². The molecular weight excluding hydrogens is 236 g/mol. The van der Waals surface area contributed by atoms with Crippen molar-refractivity contribution in [3.8, 4) is 0 Å². The van der Waals surface area contributed by atoms with Crippen LogP contribution in [0.4, 0.5) is 14.5 Å². The van der Waals surface area contributed by atoms with E-state index >= 15 is 0 Å². The van der Waals surface area contributed by atoms with Crippen molar-refractivity contribution in [3.05, 3.63) is 45.5 Å². The molecule has 0 unspecified atom stereocenters. The Morgan fingerprint density at radius 2 is 1.94 bits per heavy atom. The molecule has 1 rings (SSSR count). The lowest BCUT2D eigenvalue weighted by Gasteiger charge is -1.98. The van der Waals surface area contributed by atoms with Crippen LogP contribution in [0.3, 0.4) is 0 Å². The van der Waals surface area contributed by atoms with Crippen molar-refractivity contribution >= 4 is 17.7 Å². The molecule has 0 atom stereocenters. The molecule has 0 fully saturated rings. The molecule has 0 heterocycles.